The first-order valence-electron chi connectivity index (χ1n) is 31.4. The molecule has 6 heteroatoms. The van der Waals surface area contributed by atoms with E-state index in [-0.39, 0.29) is 31.1 Å². The van der Waals surface area contributed by atoms with Crippen LogP contribution in [0.15, 0.2) is 72.9 Å². The van der Waals surface area contributed by atoms with Crippen LogP contribution < -0.4 is 0 Å². The molecule has 0 saturated carbocycles. The average molecular weight is 1020 g/mol. The van der Waals surface area contributed by atoms with Crippen LogP contribution >= 0.6 is 0 Å². The van der Waals surface area contributed by atoms with Crippen molar-refractivity contribution in [3.05, 3.63) is 72.9 Å². The number of carbonyl (C=O) groups excluding carboxylic acids is 3. The van der Waals surface area contributed by atoms with E-state index in [4.69, 9.17) is 14.2 Å². The van der Waals surface area contributed by atoms with Crippen molar-refractivity contribution in [2.75, 3.05) is 13.2 Å². The first kappa shape index (κ1) is 69.8. The standard InChI is InChI=1S/C67H118O6/c1-4-7-10-13-16-18-20-22-24-26-28-29-30-31-32-33-34-35-36-37-38-39-40-42-43-45-47-49-51-54-57-60-66(69)72-63-64(62-71-65(68)59-56-53-15-12-9-6-3)73-67(70)61-58-55-52-50-48-46-44-41-27-25-23-21-19-17-14-11-8-5-2/h7,10,16,18-19,21-22,24-25,27-29,64H,4-6,8-9,11-15,17,20,23,26,30-63H2,1-3H3/b10-7-,18-16-,21-19-,24-22-,27-25-,29-28-. The van der Waals surface area contributed by atoms with Crippen LogP contribution in [0.2, 0.25) is 0 Å². The molecule has 0 aliphatic carbocycles. The smallest absolute Gasteiger partial charge is 0.306 e. The van der Waals surface area contributed by atoms with Gasteiger partial charge in [0.15, 0.2) is 6.10 Å². The van der Waals surface area contributed by atoms with E-state index in [1.165, 1.54) is 180 Å². The molecule has 0 aromatic heterocycles. The number of unbranched alkanes of at least 4 members (excludes halogenated alkanes) is 34. The lowest BCUT2D eigenvalue weighted by atomic mass is 10.0. The minimum Gasteiger partial charge on any atom is -0.462 e. The third kappa shape index (κ3) is 59.6. The van der Waals surface area contributed by atoms with Crippen molar-refractivity contribution < 1.29 is 28.6 Å². The molecule has 0 heterocycles. The molecule has 0 rings (SSSR count). The topological polar surface area (TPSA) is 78.9 Å². The van der Waals surface area contributed by atoms with Gasteiger partial charge in [0.1, 0.15) is 13.2 Å². The van der Waals surface area contributed by atoms with E-state index in [0.717, 1.165) is 96.3 Å². The highest BCUT2D eigenvalue weighted by Gasteiger charge is 2.19. The summed E-state index contributed by atoms with van der Waals surface area (Å²) in [7, 11) is 0. The van der Waals surface area contributed by atoms with Gasteiger partial charge >= 0.3 is 17.9 Å². The third-order valence-corrected chi connectivity index (χ3v) is 13.7. The van der Waals surface area contributed by atoms with Crippen LogP contribution in [0.3, 0.4) is 0 Å². The minimum atomic E-state index is -0.774. The number of ether oxygens (including phenoxy) is 3. The molecule has 1 unspecified atom stereocenters. The van der Waals surface area contributed by atoms with Gasteiger partial charge in [-0.05, 0) is 89.9 Å². The maximum Gasteiger partial charge on any atom is 0.306 e. The van der Waals surface area contributed by atoms with Gasteiger partial charge in [0.05, 0.1) is 0 Å². The highest BCUT2D eigenvalue weighted by Crippen LogP contribution is 2.17. The molecule has 0 bridgehead atoms. The second kappa shape index (κ2) is 61.4. The Morgan fingerprint density at radius 3 is 0.849 bits per heavy atom. The van der Waals surface area contributed by atoms with Crippen LogP contribution in [0, 0.1) is 0 Å². The Balaban J connectivity index is 4.01. The zero-order valence-corrected chi connectivity index (χ0v) is 48.4. The van der Waals surface area contributed by atoms with Gasteiger partial charge in [-0.1, -0.05) is 280 Å². The molecule has 0 amide bonds. The van der Waals surface area contributed by atoms with Crippen LogP contribution in [-0.4, -0.2) is 37.2 Å². The van der Waals surface area contributed by atoms with Gasteiger partial charge in [-0.15, -0.1) is 0 Å². The van der Waals surface area contributed by atoms with Crippen LogP contribution in [0.5, 0.6) is 0 Å². The van der Waals surface area contributed by atoms with E-state index >= 15 is 0 Å². The molecule has 73 heavy (non-hydrogen) atoms. The van der Waals surface area contributed by atoms with Crippen LogP contribution in [0.4, 0.5) is 0 Å². The Hall–Kier alpha value is -3.15. The van der Waals surface area contributed by atoms with Gasteiger partial charge in [0.2, 0.25) is 0 Å². The summed E-state index contributed by atoms with van der Waals surface area (Å²) in [6.07, 6.45) is 79.5. The maximum atomic E-state index is 12.8. The molecular weight excluding hydrogens is 901 g/mol. The van der Waals surface area contributed by atoms with Gasteiger partial charge in [-0.2, -0.15) is 0 Å². The molecule has 0 spiro atoms. The first-order chi connectivity index (χ1) is 36.0. The fourth-order valence-corrected chi connectivity index (χ4v) is 9.00. The molecule has 0 N–H and O–H groups in total. The zero-order chi connectivity index (χ0) is 52.9. The molecule has 0 aromatic carbocycles. The van der Waals surface area contributed by atoms with Crippen molar-refractivity contribution in [1.29, 1.82) is 0 Å². The van der Waals surface area contributed by atoms with Gasteiger partial charge in [0, 0.05) is 19.3 Å². The summed E-state index contributed by atoms with van der Waals surface area (Å²) in [6, 6.07) is 0. The number of esters is 3. The summed E-state index contributed by atoms with van der Waals surface area (Å²) in [4.78, 5) is 38.0. The quantitative estimate of drug-likeness (QED) is 0.0261. The van der Waals surface area contributed by atoms with E-state index in [0.29, 0.717) is 19.3 Å². The fraction of sp³-hybridized carbons (Fsp3) is 0.776. The van der Waals surface area contributed by atoms with E-state index in [1.807, 2.05) is 0 Å². The predicted octanol–water partition coefficient (Wildman–Crippen LogP) is 21.3. The number of carbonyl (C=O) groups is 3. The molecule has 422 valence electrons. The van der Waals surface area contributed by atoms with Crippen molar-refractivity contribution in [2.45, 2.75) is 322 Å². The lowest BCUT2D eigenvalue weighted by Gasteiger charge is -2.18. The predicted molar refractivity (Wildman–Crippen MR) is 316 cm³/mol. The van der Waals surface area contributed by atoms with Crippen LogP contribution in [-0.2, 0) is 28.6 Å². The highest BCUT2D eigenvalue weighted by molar-refractivity contribution is 5.71. The lowest BCUT2D eigenvalue weighted by molar-refractivity contribution is -0.167. The largest absolute Gasteiger partial charge is 0.462 e. The van der Waals surface area contributed by atoms with Crippen molar-refractivity contribution in [2.24, 2.45) is 0 Å². The zero-order valence-electron chi connectivity index (χ0n) is 48.4. The summed E-state index contributed by atoms with van der Waals surface area (Å²) in [5, 5.41) is 0. The average Bonchev–Trinajstić information content (AvgIpc) is 3.39. The van der Waals surface area contributed by atoms with Crippen LogP contribution in [0.25, 0.3) is 0 Å². The number of hydrogen-bond acceptors (Lipinski definition) is 6. The number of rotatable bonds is 57. The molecule has 0 aliphatic heterocycles. The Labute approximate surface area is 453 Å². The molecule has 1 atom stereocenters. The third-order valence-electron chi connectivity index (χ3n) is 13.7. The monoisotopic (exact) mass is 1020 g/mol. The van der Waals surface area contributed by atoms with Gasteiger partial charge in [-0.3, -0.25) is 14.4 Å². The molecule has 0 fully saturated rings. The summed E-state index contributed by atoms with van der Waals surface area (Å²) < 4.78 is 16.8. The van der Waals surface area contributed by atoms with Crippen molar-refractivity contribution in [3.8, 4) is 0 Å². The van der Waals surface area contributed by atoms with Gasteiger partial charge < -0.3 is 14.2 Å². The summed E-state index contributed by atoms with van der Waals surface area (Å²) in [6.45, 7) is 6.47. The van der Waals surface area contributed by atoms with Gasteiger partial charge in [-0.25, -0.2) is 0 Å². The Kier molecular flexibility index (Phi) is 58.7. The van der Waals surface area contributed by atoms with E-state index in [1.54, 1.807) is 0 Å². The van der Waals surface area contributed by atoms with E-state index < -0.39 is 6.10 Å². The van der Waals surface area contributed by atoms with Crippen molar-refractivity contribution >= 4 is 17.9 Å². The van der Waals surface area contributed by atoms with Crippen LogP contribution in [0.1, 0.15) is 316 Å². The second-order valence-electron chi connectivity index (χ2n) is 20.9. The minimum absolute atomic E-state index is 0.0749. The van der Waals surface area contributed by atoms with Crippen molar-refractivity contribution in [3.63, 3.8) is 0 Å². The number of allylic oxidation sites excluding steroid dienone is 12. The molecule has 0 aromatic rings. The lowest BCUT2D eigenvalue weighted by Crippen LogP contribution is -2.30. The fourth-order valence-electron chi connectivity index (χ4n) is 9.00. The second-order valence-corrected chi connectivity index (χ2v) is 20.9. The normalized spacial score (nSPS) is 12.5. The summed E-state index contributed by atoms with van der Waals surface area (Å²) >= 11 is 0. The van der Waals surface area contributed by atoms with E-state index in [9.17, 15) is 14.4 Å². The number of hydrogen-bond donors (Lipinski definition) is 0. The maximum absolute atomic E-state index is 12.8. The molecule has 0 aliphatic rings. The Morgan fingerprint density at radius 2 is 0.534 bits per heavy atom. The van der Waals surface area contributed by atoms with Crippen molar-refractivity contribution in [1.82, 2.24) is 0 Å². The Morgan fingerprint density at radius 1 is 0.288 bits per heavy atom. The van der Waals surface area contributed by atoms with Gasteiger partial charge in [0.25, 0.3) is 0 Å². The molecule has 0 saturated heterocycles. The molecular formula is C67H118O6. The first-order valence-corrected chi connectivity index (χ1v) is 31.4. The molecule has 6 nitrogen and oxygen atoms in total. The summed E-state index contributed by atoms with van der Waals surface area (Å²) in [5.41, 5.74) is 0. The van der Waals surface area contributed by atoms with E-state index in [2.05, 4.69) is 93.7 Å². The highest BCUT2D eigenvalue weighted by atomic mass is 16.6. The SMILES string of the molecule is CC/C=C\C/C=C\C/C=C\C/C=C\CCCCCCCCCCCCCCCCCCCCC(=O)OCC(COC(=O)CCCCCCCC)OC(=O)CCCCCCCCC/C=C\C/C=C\CCCCCC. The summed E-state index contributed by atoms with van der Waals surface area (Å²) in [5.74, 6) is -0.880. The Bertz CT molecular complexity index is 1360. The molecule has 0 radical (unpaired) electrons.